The van der Waals surface area contributed by atoms with E-state index in [1.165, 1.54) is 43.5 Å². The first-order valence-electron chi connectivity index (χ1n) is 8.50. The van der Waals surface area contributed by atoms with E-state index in [0.717, 1.165) is 16.9 Å². The summed E-state index contributed by atoms with van der Waals surface area (Å²) in [6, 6.07) is 2.13. The second-order valence-electron chi connectivity index (χ2n) is 7.75. The average molecular weight is 300 g/mol. The van der Waals surface area contributed by atoms with Crippen LogP contribution in [0.15, 0.2) is 6.07 Å². The topological polar surface area (TPSA) is 42.7 Å². The van der Waals surface area contributed by atoms with Gasteiger partial charge in [-0.1, -0.05) is 19.3 Å². The molecule has 1 aliphatic rings. The molecule has 0 atom stereocenters. The van der Waals surface area contributed by atoms with Crippen LogP contribution in [0.4, 0.5) is 0 Å². The maximum absolute atomic E-state index is 5.00. The molecule has 22 heavy (non-hydrogen) atoms. The summed E-state index contributed by atoms with van der Waals surface area (Å²) in [5.41, 5.74) is 7.89. The van der Waals surface area contributed by atoms with Crippen molar-refractivity contribution in [2.75, 3.05) is 5.43 Å². The Bertz CT molecular complexity index is 672. The fraction of sp³-hybridized carbons (Fsp3) is 0.667. The lowest BCUT2D eigenvalue weighted by Gasteiger charge is -2.27. The Hall–Kier alpha value is -1.58. The molecule has 0 spiro atoms. The van der Waals surface area contributed by atoms with Crippen molar-refractivity contribution in [2.45, 2.75) is 78.2 Å². The first-order chi connectivity index (χ1) is 10.3. The third kappa shape index (κ3) is 2.96. The van der Waals surface area contributed by atoms with Gasteiger partial charge in [0.05, 0.1) is 0 Å². The molecule has 1 fully saturated rings. The van der Waals surface area contributed by atoms with Gasteiger partial charge in [-0.25, -0.2) is 14.6 Å². The van der Waals surface area contributed by atoms with Crippen LogP contribution < -0.4 is 5.43 Å². The third-order valence-corrected chi connectivity index (χ3v) is 4.38. The highest BCUT2D eigenvalue weighted by molar-refractivity contribution is 5.76. The summed E-state index contributed by atoms with van der Waals surface area (Å²) in [6.45, 7) is 10.8. The maximum Gasteiger partial charge on any atom is 0.179 e. The normalized spacial score (nSPS) is 17.1. The SMILES string of the molecule is Cc1cc(C)c2nc(C3CCCCC3)n(NC(C)(C)C)c2n1. The highest BCUT2D eigenvalue weighted by Crippen LogP contribution is 2.34. The third-order valence-electron chi connectivity index (χ3n) is 4.38. The first kappa shape index (κ1) is 15.3. The number of nitrogens with zero attached hydrogens (tertiary/aromatic N) is 3. The molecule has 0 unspecified atom stereocenters. The fourth-order valence-electron chi connectivity index (χ4n) is 3.46. The van der Waals surface area contributed by atoms with Gasteiger partial charge < -0.3 is 5.43 Å². The van der Waals surface area contributed by atoms with Gasteiger partial charge in [0.25, 0.3) is 0 Å². The van der Waals surface area contributed by atoms with E-state index in [2.05, 4.69) is 50.8 Å². The molecule has 1 N–H and O–H groups in total. The van der Waals surface area contributed by atoms with Gasteiger partial charge in [-0.3, -0.25) is 0 Å². The molecule has 2 heterocycles. The molecule has 4 nitrogen and oxygen atoms in total. The van der Waals surface area contributed by atoms with Crippen molar-refractivity contribution in [2.24, 2.45) is 0 Å². The zero-order valence-electron chi connectivity index (χ0n) is 14.5. The molecule has 1 saturated carbocycles. The Balaban J connectivity index is 2.16. The van der Waals surface area contributed by atoms with Gasteiger partial charge in [-0.15, -0.1) is 0 Å². The fourth-order valence-corrected chi connectivity index (χ4v) is 3.46. The number of nitrogens with one attached hydrogen (secondary N) is 1. The van der Waals surface area contributed by atoms with Crippen LogP contribution in [0.5, 0.6) is 0 Å². The lowest BCUT2D eigenvalue weighted by Crippen LogP contribution is -2.36. The molecule has 0 aromatic carbocycles. The Morgan fingerprint density at radius 2 is 1.77 bits per heavy atom. The number of aryl methyl sites for hydroxylation is 2. The number of pyridine rings is 1. The molecule has 0 amide bonds. The summed E-state index contributed by atoms with van der Waals surface area (Å²) >= 11 is 0. The van der Waals surface area contributed by atoms with Crippen molar-refractivity contribution in [3.8, 4) is 0 Å². The van der Waals surface area contributed by atoms with E-state index in [1.54, 1.807) is 0 Å². The van der Waals surface area contributed by atoms with Crippen LogP contribution in [-0.4, -0.2) is 20.2 Å². The molecule has 4 heteroatoms. The molecule has 0 saturated heterocycles. The number of hydrogen-bond acceptors (Lipinski definition) is 3. The summed E-state index contributed by atoms with van der Waals surface area (Å²) in [5, 5.41) is 0. The first-order valence-corrected chi connectivity index (χ1v) is 8.50. The van der Waals surface area contributed by atoms with Gasteiger partial charge in [0.15, 0.2) is 5.65 Å². The van der Waals surface area contributed by atoms with Gasteiger partial charge in [0.1, 0.15) is 11.3 Å². The minimum atomic E-state index is -0.0175. The molecule has 2 aromatic rings. The Kier molecular flexibility index (Phi) is 3.87. The van der Waals surface area contributed by atoms with Crippen LogP contribution in [0.3, 0.4) is 0 Å². The molecule has 0 bridgehead atoms. The molecule has 3 rings (SSSR count). The molecule has 0 radical (unpaired) electrons. The quantitative estimate of drug-likeness (QED) is 0.891. The molecular formula is C18H28N4. The maximum atomic E-state index is 5.00. The summed E-state index contributed by atoms with van der Waals surface area (Å²) in [4.78, 5) is 9.77. The predicted octanol–water partition coefficient (Wildman–Crippen LogP) is 4.44. The number of hydrogen-bond donors (Lipinski definition) is 1. The van der Waals surface area contributed by atoms with E-state index in [0.29, 0.717) is 5.92 Å². The standard InChI is InChI=1S/C18H28N4/c1-12-11-13(2)19-17-15(12)20-16(14-9-7-6-8-10-14)22(17)21-18(3,4)5/h11,14,21H,6-10H2,1-5H3. The van der Waals surface area contributed by atoms with E-state index in [-0.39, 0.29) is 5.54 Å². The van der Waals surface area contributed by atoms with E-state index in [9.17, 15) is 0 Å². The van der Waals surface area contributed by atoms with E-state index < -0.39 is 0 Å². The van der Waals surface area contributed by atoms with E-state index in [1.807, 2.05) is 0 Å². The van der Waals surface area contributed by atoms with Crippen molar-refractivity contribution in [3.63, 3.8) is 0 Å². The second kappa shape index (κ2) is 5.56. The van der Waals surface area contributed by atoms with Crippen LogP contribution in [0, 0.1) is 13.8 Å². The lowest BCUT2D eigenvalue weighted by molar-refractivity contribution is 0.416. The predicted molar refractivity (Wildman–Crippen MR) is 91.9 cm³/mol. The molecule has 2 aromatic heterocycles. The van der Waals surface area contributed by atoms with E-state index in [4.69, 9.17) is 9.97 Å². The molecule has 0 aliphatic heterocycles. The molecule has 120 valence electrons. The van der Waals surface area contributed by atoms with Crippen molar-refractivity contribution in [1.82, 2.24) is 14.6 Å². The number of imidazole rings is 1. The largest absolute Gasteiger partial charge is 0.317 e. The molecule has 1 aliphatic carbocycles. The summed E-state index contributed by atoms with van der Waals surface area (Å²) in [7, 11) is 0. The zero-order chi connectivity index (χ0) is 15.9. The van der Waals surface area contributed by atoms with Gasteiger partial charge in [0, 0.05) is 17.2 Å². The van der Waals surface area contributed by atoms with Crippen LogP contribution >= 0.6 is 0 Å². The number of rotatable bonds is 2. The highest BCUT2D eigenvalue weighted by atomic mass is 15.5. The highest BCUT2D eigenvalue weighted by Gasteiger charge is 2.25. The van der Waals surface area contributed by atoms with Gasteiger partial charge >= 0.3 is 0 Å². The van der Waals surface area contributed by atoms with E-state index >= 15 is 0 Å². The van der Waals surface area contributed by atoms with Crippen LogP contribution in [-0.2, 0) is 0 Å². The van der Waals surface area contributed by atoms with Crippen LogP contribution in [0.2, 0.25) is 0 Å². The lowest BCUT2D eigenvalue weighted by atomic mass is 9.89. The van der Waals surface area contributed by atoms with Crippen molar-refractivity contribution >= 4 is 11.2 Å². The zero-order valence-corrected chi connectivity index (χ0v) is 14.5. The minimum absolute atomic E-state index is 0.0175. The Labute approximate surface area is 133 Å². The molecular weight excluding hydrogens is 272 g/mol. The average Bonchev–Trinajstić information content (AvgIpc) is 2.77. The summed E-state index contributed by atoms with van der Waals surface area (Å²) in [6.07, 6.45) is 6.48. The minimum Gasteiger partial charge on any atom is -0.317 e. The second-order valence-corrected chi connectivity index (χ2v) is 7.75. The summed E-state index contributed by atoms with van der Waals surface area (Å²) in [5.74, 6) is 1.73. The number of aromatic nitrogens is 3. The van der Waals surface area contributed by atoms with Crippen molar-refractivity contribution < 1.29 is 0 Å². The Morgan fingerprint density at radius 1 is 1.09 bits per heavy atom. The van der Waals surface area contributed by atoms with Crippen LogP contribution in [0.25, 0.3) is 11.2 Å². The van der Waals surface area contributed by atoms with Crippen molar-refractivity contribution in [1.29, 1.82) is 0 Å². The Morgan fingerprint density at radius 3 is 2.41 bits per heavy atom. The van der Waals surface area contributed by atoms with Gasteiger partial charge in [0.2, 0.25) is 0 Å². The summed E-state index contributed by atoms with van der Waals surface area (Å²) < 4.78 is 2.17. The van der Waals surface area contributed by atoms with Crippen molar-refractivity contribution in [3.05, 3.63) is 23.1 Å². The van der Waals surface area contributed by atoms with Crippen LogP contribution in [0.1, 0.15) is 75.9 Å². The smallest absolute Gasteiger partial charge is 0.179 e. The van der Waals surface area contributed by atoms with Gasteiger partial charge in [-0.2, -0.15) is 0 Å². The number of fused-ring (bicyclic) bond motifs is 1. The van der Waals surface area contributed by atoms with Gasteiger partial charge in [-0.05, 0) is 59.1 Å². The monoisotopic (exact) mass is 300 g/mol.